The summed E-state index contributed by atoms with van der Waals surface area (Å²) in [6.45, 7) is 0.452. The lowest BCUT2D eigenvalue weighted by Gasteiger charge is -2.13. The first-order valence-electron chi connectivity index (χ1n) is 8.69. The van der Waals surface area contributed by atoms with Crippen LogP contribution in [-0.4, -0.2) is 50.4 Å². The van der Waals surface area contributed by atoms with Crippen LogP contribution in [0, 0.1) is 5.82 Å². The zero-order valence-corrected chi connectivity index (χ0v) is 18.9. The van der Waals surface area contributed by atoms with Gasteiger partial charge in [-0.1, -0.05) is 18.2 Å². The number of anilines is 1. The fourth-order valence-electron chi connectivity index (χ4n) is 2.37. The molecule has 7 nitrogen and oxygen atoms in total. The number of guanidine groups is 1. The van der Waals surface area contributed by atoms with E-state index in [4.69, 9.17) is 0 Å². The zero-order valence-electron chi connectivity index (χ0n) is 16.5. The Labute approximate surface area is 186 Å². The van der Waals surface area contributed by atoms with E-state index >= 15 is 0 Å². The predicted molar refractivity (Wildman–Crippen MR) is 123 cm³/mol. The van der Waals surface area contributed by atoms with Crippen LogP contribution in [0.15, 0.2) is 53.5 Å². The third-order valence-electron chi connectivity index (χ3n) is 3.82. The van der Waals surface area contributed by atoms with Crippen molar-refractivity contribution >= 4 is 47.4 Å². The molecule has 0 atom stereocenters. The molecule has 2 aromatic carbocycles. The highest BCUT2D eigenvalue weighted by molar-refractivity contribution is 14.0. The number of hydrogen-bond donors (Lipinski definition) is 3. The number of carbonyl (C=O) groups excluding carboxylic acids is 2. The number of hydrogen-bond acceptors (Lipinski definition) is 3. The fraction of sp³-hybridized carbons (Fsp3) is 0.250. The van der Waals surface area contributed by atoms with Gasteiger partial charge in [0.15, 0.2) is 5.96 Å². The van der Waals surface area contributed by atoms with Crippen molar-refractivity contribution in [1.82, 2.24) is 15.5 Å². The largest absolute Gasteiger partial charge is 0.352 e. The van der Waals surface area contributed by atoms with Crippen molar-refractivity contribution in [2.75, 3.05) is 33.0 Å². The summed E-state index contributed by atoms with van der Waals surface area (Å²) < 4.78 is 13.1. The molecule has 0 unspecified atom stereocenters. The van der Waals surface area contributed by atoms with Crippen LogP contribution >= 0.6 is 24.0 Å². The normalized spacial score (nSPS) is 10.6. The monoisotopic (exact) mass is 513 g/mol. The van der Waals surface area contributed by atoms with E-state index in [1.54, 1.807) is 39.3 Å². The Morgan fingerprint density at radius 1 is 1.07 bits per heavy atom. The van der Waals surface area contributed by atoms with Crippen molar-refractivity contribution in [3.05, 3.63) is 65.5 Å². The van der Waals surface area contributed by atoms with Crippen molar-refractivity contribution in [2.24, 2.45) is 4.99 Å². The summed E-state index contributed by atoms with van der Waals surface area (Å²) in [5.41, 5.74) is 1.97. The molecule has 3 N–H and O–H groups in total. The van der Waals surface area contributed by atoms with E-state index < -0.39 is 5.82 Å². The lowest BCUT2D eigenvalue weighted by atomic mass is 10.1. The number of amides is 2. The van der Waals surface area contributed by atoms with Gasteiger partial charge in [-0.3, -0.25) is 14.6 Å². The second-order valence-corrected chi connectivity index (χ2v) is 6.23. The van der Waals surface area contributed by atoms with Gasteiger partial charge in [0.25, 0.3) is 5.91 Å². The van der Waals surface area contributed by atoms with Gasteiger partial charge in [0.1, 0.15) is 5.82 Å². The molecule has 0 heterocycles. The van der Waals surface area contributed by atoms with Crippen LogP contribution in [0.1, 0.15) is 15.9 Å². The SMILES string of the molecule is CN=C(NCC(=O)Nc1cccc(F)c1)NCc1ccc(C(=O)N(C)C)cc1.I. The number of halogens is 2. The Balaban J connectivity index is 0.00000420. The van der Waals surface area contributed by atoms with Gasteiger partial charge in [-0.15, -0.1) is 24.0 Å². The van der Waals surface area contributed by atoms with Crippen LogP contribution in [0.2, 0.25) is 0 Å². The van der Waals surface area contributed by atoms with Gasteiger partial charge in [-0.05, 0) is 35.9 Å². The molecule has 0 aromatic heterocycles. The fourth-order valence-corrected chi connectivity index (χ4v) is 2.37. The highest BCUT2D eigenvalue weighted by Gasteiger charge is 2.08. The first kappa shape index (κ1) is 24.3. The first-order valence-corrected chi connectivity index (χ1v) is 8.69. The standard InChI is InChI=1S/C20H24FN5O2.HI/c1-22-20(24-13-18(27)25-17-6-4-5-16(21)11-17)23-12-14-7-9-15(10-8-14)19(28)26(2)3;/h4-11H,12-13H2,1-3H3,(H,25,27)(H2,22,23,24);1H. The van der Waals surface area contributed by atoms with E-state index in [-0.39, 0.29) is 42.3 Å². The molecule has 2 aromatic rings. The van der Waals surface area contributed by atoms with Gasteiger partial charge in [-0.25, -0.2) is 4.39 Å². The number of carbonyl (C=O) groups is 2. The molecule has 2 amide bonds. The van der Waals surface area contributed by atoms with E-state index in [0.717, 1.165) is 5.56 Å². The molecule has 9 heteroatoms. The minimum Gasteiger partial charge on any atom is -0.352 e. The molecule has 0 aliphatic rings. The summed E-state index contributed by atoms with van der Waals surface area (Å²) in [7, 11) is 5.01. The van der Waals surface area contributed by atoms with Crippen LogP contribution in [0.4, 0.5) is 10.1 Å². The molecular weight excluding hydrogens is 488 g/mol. The average Bonchev–Trinajstić information content (AvgIpc) is 2.68. The molecule has 0 saturated heterocycles. The molecule has 0 saturated carbocycles. The maximum atomic E-state index is 13.1. The number of rotatable bonds is 6. The van der Waals surface area contributed by atoms with Crippen molar-refractivity contribution in [2.45, 2.75) is 6.54 Å². The third-order valence-corrected chi connectivity index (χ3v) is 3.82. The highest BCUT2D eigenvalue weighted by atomic mass is 127. The predicted octanol–water partition coefficient (Wildman–Crippen LogP) is 2.45. The van der Waals surface area contributed by atoms with Gasteiger partial charge >= 0.3 is 0 Å². The minimum absolute atomic E-state index is 0. The summed E-state index contributed by atoms with van der Waals surface area (Å²) in [6.07, 6.45) is 0. The van der Waals surface area contributed by atoms with Crippen LogP contribution in [0.25, 0.3) is 0 Å². The lowest BCUT2D eigenvalue weighted by Crippen LogP contribution is -2.41. The summed E-state index contributed by atoms with van der Waals surface area (Å²) in [5, 5.41) is 8.58. The summed E-state index contributed by atoms with van der Waals surface area (Å²) in [5.74, 6) is -0.342. The molecule has 0 fully saturated rings. The van der Waals surface area contributed by atoms with Crippen molar-refractivity contribution < 1.29 is 14.0 Å². The van der Waals surface area contributed by atoms with E-state index in [0.29, 0.717) is 23.8 Å². The number of nitrogens with one attached hydrogen (secondary N) is 3. The lowest BCUT2D eigenvalue weighted by molar-refractivity contribution is -0.115. The molecule has 156 valence electrons. The first-order chi connectivity index (χ1) is 13.4. The topological polar surface area (TPSA) is 85.8 Å². The van der Waals surface area contributed by atoms with Crippen LogP contribution < -0.4 is 16.0 Å². The summed E-state index contributed by atoms with van der Waals surface area (Å²) in [4.78, 5) is 29.4. The van der Waals surface area contributed by atoms with E-state index in [9.17, 15) is 14.0 Å². The van der Waals surface area contributed by atoms with Crippen molar-refractivity contribution in [3.63, 3.8) is 0 Å². The van der Waals surface area contributed by atoms with Crippen molar-refractivity contribution in [1.29, 1.82) is 0 Å². The van der Waals surface area contributed by atoms with Crippen molar-refractivity contribution in [3.8, 4) is 0 Å². The van der Waals surface area contributed by atoms with E-state index in [1.807, 2.05) is 12.1 Å². The Hall–Kier alpha value is -2.69. The van der Waals surface area contributed by atoms with E-state index in [1.165, 1.54) is 23.1 Å². The Bertz CT molecular complexity index is 856. The second kappa shape index (κ2) is 12.0. The number of benzene rings is 2. The smallest absolute Gasteiger partial charge is 0.253 e. The third kappa shape index (κ3) is 8.06. The Morgan fingerprint density at radius 3 is 2.34 bits per heavy atom. The number of aliphatic imine (C=N–C) groups is 1. The quantitative estimate of drug-likeness (QED) is 0.315. The highest BCUT2D eigenvalue weighted by Crippen LogP contribution is 2.08. The molecule has 0 spiro atoms. The van der Waals surface area contributed by atoms with Crippen LogP contribution in [-0.2, 0) is 11.3 Å². The second-order valence-electron chi connectivity index (χ2n) is 6.23. The Morgan fingerprint density at radius 2 is 1.76 bits per heavy atom. The van der Waals surface area contributed by atoms with Gasteiger partial charge in [0.05, 0.1) is 6.54 Å². The maximum absolute atomic E-state index is 13.1. The van der Waals surface area contributed by atoms with Gasteiger partial charge in [0, 0.05) is 38.9 Å². The van der Waals surface area contributed by atoms with Gasteiger partial charge in [-0.2, -0.15) is 0 Å². The molecule has 0 aliphatic carbocycles. The molecule has 29 heavy (non-hydrogen) atoms. The minimum atomic E-state index is -0.415. The molecule has 2 rings (SSSR count). The molecule has 0 radical (unpaired) electrons. The number of nitrogens with zero attached hydrogens (tertiary/aromatic N) is 2. The zero-order chi connectivity index (χ0) is 20.5. The van der Waals surface area contributed by atoms with Gasteiger partial charge in [0.2, 0.25) is 5.91 Å². The molecule has 0 aliphatic heterocycles. The van der Waals surface area contributed by atoms with Crippen LogP contribution in [0.5, 0.6) is 0 Å². The average molecular weight is 513 g/mol. The summed E-state index contributed by atoms with van der Waals surface area (Å²) in [6, 6.07) is 12.9. The van der Waals surface area contributed by atoms with Gasteiger partial charge < -0.3 is 20.9 Å². The Kier molecular flexibility index (Phi) is 10.1. The van der Waals surface area contributed by atoms with E-state index in [2.05, 4.69) is 20.9 Å². The van der Waals surface area contributed by atoms with Crippen LogP contribution in [0.3, 0.4) is 0 Å². The molecule has 0 bridgehead atoms. The molecular formula is C20H25FIN5O2. The maximum Gasteiger partial charge on any atom is 0.253 e. The summed E-state index contributed by atoms with van der Waals surface area (Å²) >= 11 is 0.